The number of nitrogens with two attached hydrogens (primary N) is 1. The summed E-state index contributed by atoms with van der Waals surface area (Å²) in [6.45, 7) is 5.92. The van der Waals surface area contributed by atoms with E-state index >= 15 is 0 Å². The molecule has 0 saturated carbocycles. The molecule has 2 rings (SSSR count). The Morgan fingerprint density at radius 2 is 2.05 bits per heavy atom. The summed E-state index contributed by atoms with van der Waals surface area (Å²) in [7, 11) is 0. The lowest BCUT2D eigenvalue weighted by Crippen LogP contribution is -2.22. The van der Waals surface area contributed by atoms with Crippen LogP contribution in [-0.4, -0.2) is 24.0 Å². The highest BCUT2D eigenvalue weighted by Gasteiger charge is 2.11. The average molecular weight is 274 g/mol. The van der Waals surface area contributed by atoms with Crippen molar-refractivity contribution < 1.29 is 9.21 Å². The van der Waals surface area contributed by atoms with Gasteiger partial charge >= 0.3 is 0 Å². The maximum atomic E-state index is 11.9. The summed E-state index contributed by atoms with van der Waals surface area (Å²) >= 11 is 0. The van der Waals surface area contributed by atoms with Crippen LogP contribution in [0.4, 0.5) is 17.4 Å². The van der Waals surface area contributed by atoms with Crippen LogP contribution in [0.1, 0.15) is 24.4 Å². The van der Waals surface area contributed by atoms with E-state index in [9.17, 15) is 4.79 Å². The number of aromatic nitrogens is 1. The number of furan rings is 1. The van der Waals surface area contributed by atoms with Crippen LogP contribution in [0.15, 0.2) is 34.9 Å². The molecular weight excluding hydrogens is 256 g/mol. The van der Waals surface area contributed by atoms with Gasteiger partial charge in [0.1, 0.15) is 5.82 Å². The molecule has 0 aliphatic carbocycles. The minimum atomic E-state index is -0.348. The van der Waals surface area contributed by atoms with Crippen LogP contribution in [0.25, 0.3) is 0 Å². The summed E-state index contributed by atoms with van der Waals surface area (Å²) in [6, 6.07) is 6.75. The number of nitrogens with one attached hydrogen (secondary N) is 1. The van der Waals surface area contributed by atoms with Gasteiger partial charge in [-0.05, 0) is 32.0 Å². The van der Waals surface area contributed by atoms with Crippen molar-refractivity contribution in [2.75, 3.05) is 29.0 Å². The smallest absolute Gasteiger partial charge is 0.291 e. The monoisotopic (exact) mass is 274 g/mol. The number of amides is 1. The number of rotatable bonds is 5. The summed E-state index contributed by atoms with van der Waals surface area (Å²) in [5.74, 6) is 0.926. The molecule has 0 saturated heterocycles. The van der Waals surface area contributed by atoms with Crippen molar-refractivity contribution in [1.82, 2.24) is 4.98 Å². The van der Waals surface area contributed by atoms with Crippen LogP contribution in [0, 0.1) is 0 Å². The third kappa shape index (κ3) is 3.09. The summed E-state index contributed by atoms with van der Waals surface area (Å²) < 4.78 is 5.05. The fourth-order valence-corrected chi connectivity index (χ4v) is 1.86. The zero-order valence-corrected chi connectivity index (χ0v) is 11.6. The molecule has 3 N–H and O–H groups in total. The molecule has 6 nitrogen and oxygen atoms in total. The van der Waals surface area contributed by atoms with Crippen molar-refractivity contribution in [3.8, 4) is 0 Å². The Morgan fingerprint density at radius 3 is 2.55 bits per heavy atom. The van der Waals surface area contributed by atoms with Crippen molar-refractivity contribution in [2.24, 2.45) is 0 Å². The second-order valence-corrected chi connectivity index (χ2v) is 4.23. The molecule has 2 aromatic rings. The Balaban J connectivity index is 2.05. The minimum Gasteiger partial charge on any atom is -0.436 e. The quantitative estimate of drug-likeness (QED) is 0.874. The normalized spacial score (nSPS) is 10.3. The first kappa shape index (κ1) is 13.9. The molecular formula is C14H18N4O2. The molecule has 0 spiro atoms. The molecule has 2 heterocycles. The van der Waals surface area contributed by atoms with Gasteiger partial charge in [-0.3, -0.25) is 4.79 Å². The van der Waals surface area contributed by atoms with E-state index in [0.717, 1.165) is 18.9 Å². The fraction of sp³-hybridized carbons (Fsp3) is 0.286. The number of carbonyl (C=O) groups is 1. The van der Waals surface area contributed by atoms with Crippen molar-refractivity contribution in [2.45, 2.75) is 13.8 Å². The van der Waals surface area contributed by atoms with Gasteiger partial charge in [0.2, 0.25) is 0 Å². The van der Waals surface area contributed by atoms with E-state index in [1.165, 1.54) is 12.1 Å². The molecule has 20 heavy (non-hydrogen) atoms. The van der Waals surface area contributed by atoms with Gasteiger partial charge in [0.25, 0.3) is 5.91 Å². The van der Waals surface area contributed by atoms with Crippen LogP contribution >= 0.6 is 0 Å². The molecule has 0 fully saturated rings. The highest BCUT2D eigenvalue weighted by Crippen LogP contribution is 2.16. The molecule has 0 unspecified atom stereocenters. The van der Waals surface area contributed by atoms with Crippen molar-refractivity contribution in [3.63, 3.8) is 0 Å². The van der Waals surface area contributed by atoms with E-state index in [2.05, 4.69) is 29.0 Å². The molecule has 1 amide bonds. The van der Waals surface area contributed by atoms with Crippen LogP contribution in [0.3, 0.4) is 0 Å². The van der Waals surface area contributed by atoms with E-state index in [4.69, 9.17) is 10.2 Å². The molecule has 0 radical (unpaired) electrons. The average Bonchev–Trinajstić information content (AvgIpc) is 2.89. The van der Waals surface area contributed by atoms with Crippen LogP contribution in [0.5, 0.6) is 0 Å². The standard InChI is InChI=1S/C14H18N4O2/c1-3-18(4-2)13-8-5-10(9-16-13)17-14(19)11-6-7-12(15)20-11/h5-9H,3-4,15H2,1-2H3,(H,17,19). The third-order valence-corrected chi connectivity index (χ3v) is 2.94. The third-order valence-electron chi connectivity index (χ3n) is 2.94. The first-order chi connectivity index (χ1) is 9.63. The second kappa shape index (κ2) is 6.10. The number of hydrogen-bond donors (Lipinski definition) is 2. The largest absolute Gasteiger partial charge is 0.436 e. The molecule has 2 aromatic heterocycles. The first-order valence-corrected chi connectivity index (χ1v) is 6.51. The number of nitrogen functional groups attached to an aromatic ring is 1. The second-order valence-electron chi connectivity index (χ2n) is 4.23. The molecule has 0 atom stereocenters. The highest BCUT2D eigenvalue weighted by atomic mass is 16.4. The Morgan fingerprint density at radius 1 is 1.30 bits per heavy atom. The lowest BCUT2D eigenvalue weighted by Gasteiger charge is -2.19. The predicted octanol–water partition coefficient (Wildman–Crippen LogP) is 2.36. The van der Waals surface area contributed by atoms with Gasteiger partial charge in [-0.25, -0.2) is 4.98 Å². The lowest BCUT2D eigenvalue weighted by molar-refractivity contribution is 0.0997. The van der Waals surface area contributed by atoms with Gasteiger partial charge in [-0.1, -0.05) is 0 Å². The highest BCUT2D eigenvalue weighted by molar-refractivity contribution is 6.02. The van der Waals surface area contributed by atoms with E-state index < -0.39 is 0 Å². The molecule has 0 aliphatic heterocycles. The SMILES string of the molecule is CCN(CC)c1ccc(NC(=O)c2ccc(N)o2)cn1. The van der Waals surface area contributed by atoms with Gasteiger partial charge in [0.05, 0.1) is 11.9 Å². The molecule has 0 aliphatic rings. The Bertz CT molecular complexity index is 573. The lowest BCUT2D eigenvalue weighted by atomic mass is 10.3. The zero-order valence-electron chi connectivity index (χ0n) is 11.6. The van der Waals surface area contributed by atoms with Crippen LogP contribution in [0.2, 0.25) is 0 Å². The summed E-state index contributed by atoms with van der Waals surface area (Å²) in [5.41, 5.74) is 6.04. The number of anilines is 3. The molecule has 0 bridgehead atoms. The summed E-state index contributed by atoms with van der Waals surface area (Å²) in [4.78, 5) is 18.3. The topological polar surface area (TPSA) is 84.4 Å². The predicted molar refractivity (Wildman–Crippen MR) is 78.9 cm³/mol. The van der Waals surface area contributed by atoms with E-state index in [-0.39, 0.29) is 17.6 Å². The maximum absolute atomic E-state index is 11.9. The Labute approximate surface area is 117 Å². The van der Waals surface area contributed by atoms with Gasteiger partial charge in [0.15, 0.2) is 11.6 Å². The van der Waals surface area contributed by atoms with E-state index in [0.29, 0.717) is 5.69 Å². The Hall–Kier alpha value is -2.50. The zero-order chi connectivity index (χ0) is 14.5. The Kier molecular flexibility index (Phi) is 4.24. The summed E-state index contributed by atoms with van der Waals surface area (Å²) in [5, 5.41) is 2.70. The molecule has 106 valence electrons. The van der Waals surface area contributed by atoms with Gasteiger partial charge in [0, 0.05) is 19.2 Å². The van der Waals surface area contributed by atoms with Gasteiger partial charge in [-0.2, -0.15) is 0 Å². The van der Waals surface area contributed by atoms with Crippen LogP contribution in [-0.2, 0) is 0 Å². The fourth-order valence-electron chi connectivity index (χ4n) is 1.86. The first-order valence-electron chi connectivity index (χ1n) is 6.51. The number of nitrogens with zero attached hydrogens (tertiary/aromatic N) is 2. The van der Waals surface area contributed by atoms with Gasteiger partial charge < -0.3 is 20.4 Å². The molecule has 0 aromatic carbocycles. The van der Waals surface area contributed by atoms with E-state index in [1.807, 2.05) is 12.1 Å². The molecule has 6 heteroatoms. The van der Waals surface area contributed by atoms with Crippen molar-refractivity contribution >= 4 is 23.3 Å². The van der Waals surface area contributed by atoms with Gasteiger partial charge in [-0.15, -0.1) is 0 Å². The number of pyridine rings is 1. The van der Waals surface area contributed by atoms with Crippen LogP contribution < -0.4 is 16.0 Å². The van der Waals surface area contributed by atoms with Crippen molar-refractivity contribution in [1.29, 1.82) is 0 Å². The summed E-state index contributed by atoms with van der Waals surface area (Å²) in [6.07, 6.45) is 1.62. The number of carbonyl (C=O) groups excluding carboxylic acids is 1. The van der Waals surface area contributed by atoms with Crippen molar-refractivity contribution in [3.05, 3.63) is 36.2 Å². The maximum Gasteiger partial charge on any atom is 0.291 e. The van der Waals surface area contributed by atoms with E-state index in [1.54, 1.807) is 6.20 Å². The number of hydrogen-bond acceptors (Lipinski definition) is 5. The minimum absolute atomic E-state index is 0.176.